The third kappa shape index (κ3) is 4.35. The fraction of sp³-hybridized carbons (Fsp3) is 0.571. The fourth-order valence-electron chi connectivity index (χ4n) is 2.07. The molecule has 3 heteroatoms. The van der Waals surface area contributed by atoms with Crippen LogP contribution in [-0.2, 0) is 0 Å². The van der Waals surface area contributed by atoms with E-state index in [0.29, 0.717) is 11.7 Å². The van der Waals surface area contributed by atoms with E-state index in [1.54, 1.807) is 12.1 Å². The zero-order chi connectivity index (χ0) is 12.7. The van der Waals surface area contributed by atoms with E-state index in [2.05, 4.69) is 31.1 Å². The van der Waals surface area contributed by atoms with Crippen molar-refractivity contribution in [3.05, 3.63) is 30.1 Å². The first-order valence-corrected chi connectivity index (χ1v) is 6.37. The minimum Gasteiger partial charge on any atom is -0.381 e. The normalized spacial score (nSPS) is 11.2. The maximum Gasteiger partial charge on any atom is 0.146 e. The van der Waals surface area contributed by atoms with Crippen molar-refractivity contribution < 1.29 is 4.39 Å². The van der Waals surface area contributed by atoms with Gasteiger partial charge in [0.25, 0.3) is 0 Å². The second-order valence-electron chi connectivity index (χ2n) is 4.36. The minimum atomic E-state index is -0.183. The van der Waals surface area contributed by atoms with Crippen LogP contribution in [0.15, 0.2) is 24.3 Å². The molecule has 1 rings (SSSR count). The van der Waals surface area contributed by atoms with Crippen LogP contribution in [0.5, 0.6) is 0 Å². The first kappa shape index (κ1) is 14.0. The molecule has 17 heavy (non-hydrogen) atoms. The Hall–Kier alpha value is -1.09. The summed E-state index contributed by atoms with van der Waals surface area (Å²) in [4.78, 5) is 2.33. The highest BCUT2D eigenvalue weighted by Crippen LogP contribution is 2.12. The molecule has 1 N–H and O–H groups in total. The van der Waals surface area contributed by atoms with Gasteiger partial charge in [0.1, 0.15) is 5.82 Å². The molecule has 2 nitrogen and oxygen atoms in total. The van der Waals surface area contributed by atoms with Gasteiger partial charge in [0.15, 0.2) is 0 Å². The van der Waals surface area contributed by atoms with Gasteiger partial charge >= 0.3 is 0 Å². The highest BCUT2D eigenvalue weighted by molar-refractivity contribution is 5.44. The van der Waals surface area contributed by atoms with Gasteiger partial charge in [0, 0.05) is 19.1 Å². The zero-order valence-electron chi connectivity index (χ0n) is 11.0. The topological polar surface area (TPSA) is 15.3 Å². The van der Waals surface area contributed by atoms with Gasteiger partial charge in [-0.2, -0.15) is 0 Å². The van der Waals surface area contributed by atoms with Gasteiger partial charge in [-0.15, -0.1) is 0 Å². The summed E-state index contributed by atoms with van der Waals surface area (Å²) in [5.41, 5.74) is 0.588. The quantitative estimate of drug-likeness (QED) is 0.783. The Labute approximate surface area is 104 Å². The zero-order valence-corrected chi connectivity index (χ0v) is 11.0. The summed E-state index contributed by atoms with van der Waals surface area (Å²) in [6, 6.07) is 7.42. The molecule has 1 aromatic carbocycles. The predicted molar refractivity (Wildman–Crippen MR) is 71.9 cm³/mol. The number of hydrogen-bond donors (Lipinski definition) is 1. The van der Waals surface area contributed by atoms with Crippen LogP contribution in [0, 0.1) is 5.82 Å². The average Bonchev–Trinajstić information content (AvgIpc) is 2.33. The van der Waals surface area contributed by atoms with Crippen molar-refractivity contribution in [3.8, 4) is 0 Å². The lowest BCUT2D eigenvalue weighted by molar-refractivity contribution is 0.238. The number of likely N-dealkylation sites (N-methyl/N-ethyl adjacent to an activating group) is 1. The summed E-state index contributed by atoms with van der Waals surface area (Å²) in [7, 11) is 2.13. The summed E-state index contributed by atoms with van der Waals surface area (Å²) in [5, 5.41) is 3.13. The van der Waals surface area contributed by atoms with Gasteiger partial charge in [-0.05, 0) is 32.0 Å². The average molecular weight is 238 g/mol. The van der Waals surface area contributed by atoms with E-state index >= 15 is 0 Å². The van der Waals surface area contributed by atoms with Crippen molar-refractivity contribution in [2.75, 3.05) is 25.5 Å². The van der Waals surface area contributed by atoms with Crippen molar-refractivity contribution in [2.45, 2.75) is 32.7 Å². The van der Waals surface area contributed by atoms with Crippen LogP contribution in [0.2, 0.25) is 0 Å². The molecule has 0 bridgehead atoms. The number of rotatable bonds is 7. The second-order valence-corrected chi connectivity index (χ2v) is 4.36. The van der Waals surface area contributed by atoms with E-state index in [9.17, 15) is 4.39 Å². The number of anilines is 1. The molecule has 0 fully saturated rings. The van der Waals surface area contributed by atoms with Gasteiger partial charge in [-0.3, -0.25) is 0 Å². The van der Waals surface area contributed by atoms with Gasteiger partial charge in [0.2, 0.25) is 0 Å². The Kier molecular flexibility index (Phi) is 5.98. The lowest BCUT2D eigenvalue weighted by Gasteiger charge is -2.26. The van der Waals surface area contributed by atoms with E-state index in [-0.39, 0.29) is 5.82 Å². The molecule has 1 aromatic rings. The van der Waals surface area contributed by atoms with Crippen molar-refractivity contribution in [1.82, 2.24) is 4.90 Å². The number of benzene rings is 1. The minimum absolute atomic E-state index is 0.183. The van der Waals surface area contributed by atoms with Crippen molar-refractivity contribution in [2.24, 2.45) is 0 Å². The Balaban J connectivity index is 2.35. The number of hydrogen-bond acceptors (Lipinski definition) is 2. The molecule has 0 unspecified atom stereocenters. The molecular formula is C14H23FN2. The van der Waals surface area contributed by atoms with Crippen LogP contribution >= 0.6 is 0 Å². The van der Waals surface area contributed by atoms with Gasteiger partial charge in [-0.25, -0.2) is 4.39 Å². The summed E-state index contributed by atoms with van der Waals surface area (Å²) in [6.45, 7) is 6.11. The molecule has 0 saturated heterocycles. The second kappa shape index (κ2) is 7.28. The molecule has 0 spiro atoms. The van der Waals surface area contributed by atoms with E-state index < -0.39 is 0 Å². The van der Waals surface area contributed by atoms with Crippen molar-refractivity contribution in [3.63, 3.8) is 0 Å². The number of nitrogens with one attached hydrogen (secondary N) is 1. The largest absolute Gasteiger partial charge is 0.381 e. The molecule has 0 amide bonds. The third-order valence-electron chi connectivity index (χ3n) is 3.22. The molecule has 0 heterocycles. The van der Waals surface area contributed by atoms with Crippen LogP contribution in [0.25, 0.3) is 0 Å². The molecule has 0 aromatic heterocycles. The highest BCUT2D eigenvalue weighted by Gasteiger charge is 2.09. The number of para-hydroxylation sites is 1. The SMILES string of the molecule is CCC(CC)N(C)CCNc1ccccc1F. The predicted octanol–water partition coefficient (Wildman–Crippen LogP) is 3.36. The lowest BCUT2D eigenvalue weighted by Crippen LogP contribution is -2.34. The first-order chi connectivity index (χ1) is 8.19. The molecule has 0 aliphatic heterocycles. The molecule has 0 radical (unpaired) electrons. The number of halogens is 1. The summed E-state index contributed by atoms with van der Waals surface area (Å²) in [5.74, 6) is -0.183. The molecular weight excluding hydrogens is 215 g/mol. The molecule has 0 aliphatic carbocycles. The van der Waals surface area contributed by atoms with Crippen LogP contribution in [0.3, 0.4) is 0 Å². The van der Waals surface area contributed by atoms with Crippen LogP contribution in [0.1, 0.15) is 26.7 Å². The van der Waals surface area contributed by atoms with Gasteiger partial charge < -0.3 is 10.2 Å². The molecule has 0 saturated carbocycles. The lowest BCUT2D eigenvalue weighted by atomic mass is 10.1. The van der Waals surface area contributed by atoms with Gasteiger partial charge in [0.05, 0.1) is 5.69 Å². The van der Waals surface area contributed by atoms with Gasteiger partial charge in [-0.1, -0.05) is 26.0 Å². The van der Waals surface area contributed by atoms with Crippen LogP contribution < -0.4 is 5.32 Å². The Bertz CT molecular complexity index is 324. The monoisotopic (exact) mass is 238 g/mol. The van der Waals surface area contributed by atoms with Crippen LogP contribution in [-0.4, -0.2) is 31.1 Å². The van der Waals surface area contributed by atoms with E-state index in [0.717, 1.165) is 25.9 Å². The maximum atomic E-state index is 13.3. The Morgan fingerprint density at radius 1 is 1.24 bits per heavy atom. The van der Waals surface area contributed by atoms with Crippen molar-refractivity contribution >= 4 is 5.69 Å². The standard InChI is InChI=1S/C14H23FN2/c1-4-12(5-2)17(3)11-10-16-14-9-7-6-8-13(14)15/h6-9,12,16H,4-5,10-11H2,1-3H3. The van der Waals surface area contributed by atoms with E-state index in [4.69, 9.17) is 0 Å². The van der Waals surface area contributed by atoms with E-state index in [1.807, 2.05) is 6.07 Å². The Morgan fingerprint density at radius 3 is 2.47 bits per heavy atom. The molecule has 96 valence electrons. The summed E-state index contributed by atoms with van der Waals surface area (Å²) in [6.07, 6.45) is 2.32. The maximum absolute atomic E-state index is 13.3. The summed E-state index contributed by atoms with van der Waals surface area (Å²) < 4.78 is 13.3. The molecule has 0 aliphatic rings. The smallest absolute Gasteiger partial charge is 0.146 e. The van der Waals surface area contributed by atoms with Crippen LogP contribution in [0.4, 0.5) is 10.1 Å². The first-order valence-electron chi connectivity index (χ1n) is 6.37. The van der Waals surface area contributed by atoms with E-state index in [1.165, 1.54) is 6.07 Å². The van der Waals surface area contributed by atoms with Crippen molar-refractivity contribution in [1.29, 1.82) is 0 Å². The highest BCUT2D eigenvalue weighted by atomic mass is 19.1. The fourth-order valence-corrected chi connectivity index (χ4v) is 2.07. The Morgan fingerprint density at radius 2 is 1.88 bits per heavy atom. The molecule has 0 atom stereocenters. The third-order valence-corrected chi connectivity index (χ3v) is 3.22. The summed E-state index contributed by atoms with van der Waals surface area (Å²) >= 11 is 0. The number of nitrogens with zero attached hydrogens (tertiary/aromatic N) is 1.